The van der Waals surface area contributed by atoms with Crippen molar-refractivity contribution in [3.8, 4) is 5.75 Å². The quantitative estimate of drug-likeness (QED) is 0.459. The highest BCUT2D eigenvalue weighted by atomic mass is 35.5. The molecule has 0 fully saturated rings. The topological polar surface area (TPSA) is 42.4 Å². The second-order valence-corrected chi connectivity index (χ2v) is 7.66. The summed E-state index contributed by atoms with van der Waals surface area (Å²) >= 11 is 6.22. The summed E-state index contributed by atoms with van der Waals surface area (Å²) in [5, 5.41) is 0.561. The van der Waals surface area contributed by atoms with Gasteiger partial charge in [0, 0.05) is 31.9 Å². The van der Waals surface area contributed by atoms with Crippen LogP contribution in [0.5, 0.6) is 5.75 Å². The van der Waals surface area contributed by atoms with Gasteiger partial charge in [0.1, 0.15) is 5.75 Å². The van der Waals surface area contributed by atoms with Gasteiger partial charge in [0.15, 0.2) is 0 Å². The van der Waals surface area contributed by atoms with Gasteiger partial charge in [-0.3, -0.25) is 9.78 Å². The number of ether oxygens (including phenoxy) is 1. The number of benzene rings is 2. The summed E-state index contributed by atoms with van der Waals surface area (Å²) in [6.07, 6.45) is 5.59. The van der Waals surface area contributed by atoms with Crippen LogP contribution in [0.3, 0.4) is 0 Å². The number of carbonyl (C=O) groups is 1. The van der Waals surface area contributed by atoms with Gasteiger partial charge >= 0.3 is 0 Å². The SMILES string of the molecule is CCc1ccc(CN(Cc2cccnc2)C(=O)CCc2ccc(OC)c(Cl)c2)cc1. The zero-order valence-electron chi connectivity index (χ0n) is 17.5. The molecular formula is C25H27ClN2O2. The summed E-state index contributed by atoms with van der Waals surface area (Å²) in [6.45, 7) is 3.24. The summed E-state index contributed by atoms with van der Waals surface area (Å²) in [7, 11) is 1.59. The molecule has 3 rings (SSSR count). The molecule has 0 aliphatic carbocycles. The number of hydrogen-bond donors (Lipinski definition) is 0. The molecule has 0 saturated heterocycles. The van der Waals surface area contributed by atoms with Crippen LogP contribution in [0.2, 0.25) is 5.02 Å². The van der Waals surface area contributed by atoms with Gasteiger partial charge in [-0.1, -0.05) is 54.9 Å². The Morgan fingerprint density at radius 1 is 1.00 bits per heavy atom. The van der Waals surface area contributed by atoms with Gasteiger partial charge in [-0.2, -0.15) is 0 Å². The van der Waals surface area contributed by atoms with Crippen molar-refractivity contribution < 1.29 is 9.53 Å². The van der Waals surface area contributed by atoms with E-state index in [0.717, 1.165) is 23.1 Å². The van der Waals surface area contributed by atoms with Crippen molar-refractivity contribution in [1.82, 2.24) is 9.88 Å². The van der Waals surface area contributed by atoms with E-state index in [2.05, 4.69) is 36.2 Å². The molecule has 1 amide bonds. The molecule has 0 bridgehead atoms. The lowest BCUT2D eigenvalue weighted by Crippen LogP contribution is -2.30. The molecule has 0 aliphatic rings. The average molecular weight is 423 g/mol. The van der Waals surface area contributed by atoms with Crippen molar-refractivity contribution in [2.75, 3.05) is 7.11 Å². The molecule has 156 valence electrons. The molecule has 0 unspecified atom stereocenters. The molecule has 1 heterocycles. The number of pyridine rings is 1. The third-order valence-corrected chi connectivity index (χ3v) is 5.39. The van der Waals surface area contributed by atoms with E-state index in [-0.39, 0.29) is 5.91 Å². The second-order valence-electron chi connectivity index (χ2n) is 7.25. The number of amides is 1. The molecule has 0 spiro atoms. The molecule has 0 aliphatic heterocycles. The first kappa shape index (κ1) is 21.8. The van der Waals surface area contributed by atoms with Crippen LogP contribution < -0.4 is 4.74 Å². The monoisotopic (exact) mass is 422 g/mol. The van der Waals surface area contributed by atoms with E-state index in [1.807, 2.05) is 41.4 Å². The first-order valence-electron chi connectivity index (χ1n) is 10.2. The molecule has 1 aromatic heterocycles. The molecule has 2 aromatic carbocycles. The predicted octanol–water partition coefficient (Wildman–Crippen LogP) is 5.47. The number of carbonyl (C=O) groups excluding carboxylic acids is 1. The lowest BCUT2D eigenvalue weighted by atomic mass is 10.1. The first-order chi connectivity index (χ1) is 14.6. The van der Waals surface area contributed by atoms with Gasteiger partial charge < -0.3 is 9.64 Å². The van der Waals surface area contributed by atoms with Crippen LogP contribution in [-0.4, -0.2) is 22.9 Å². The number of hydrogen-bond acceptors (Lipinski definition) is 3. The van der Waals surface area contributed by atoms with Crippen molar-refractivity contribution in [3.63, 3.8) is 0 Å². The summed E-state index contributed by atoms with van der Waals surface area (Å²) in [4.78, 5) is 19.2. The number of nitrogens with zero attached hydrogens (tertiary/aromatic N) is 2. The van der Waals surface area contributed by atoms with Crippen LogP contribution in [0.1, 0.15) is 35.6 Å². The van der Waals surface area contributed by atoms with Crippen LogP contribution in [0, 0.1) is 0 Å². The third kappa shape index (κ3) is 6.07. The highest BCUT2D eigenvalue weighted by molar-refractivity contribution is 6.32. The van der Waals surface area contributed by atoms with E-state index in [1.165, 1.54) is 5.56 Å². The molecule has 30 heavy (non-hydrogen) atoms. The highest BCUT2D eigenvalue weighted by Gasteiger charge is 2.15. The highest BCUT2D eigenvalue weighted by Crippen LogP contribution is 2.25. The standard InChI is InChI=1S/C25H27ClN2O2/c1-3-19-6-8-21(9-7-19)17-28(18-22-5-4-14-27-16-22)25(29)13-11-20-10-12-24(30-2)23(26)15-20/h4-10,12,14-16H,3,11,13,17-18H2,1-2H3. The summed E-state index contributed by atoms with van der Waals surface area (Å²) in [5.74, 6) is 0.742. The fourth-order valence-electron chi connectivity index (χ4n) is 3.32. The molecule has 4 nitrogen and oxygen atoms in total. The van der Waals surface area contributed by atoms with Crippen molar-refractivity contribution >= 4 is 17.5 Å². The second kappa shape index (κ2) is 10.8. The zero-order valence-corrected chi connectivity index (χ0v) is 18.2. The van der Waals surface area contributed by atoms with Crippen LogP contribution in [-0.2, 0) is 30.7 Å². The first-order valence-corrected chi connectivity index (χ1v) is 10.5. The van der Waals surface area contributed by atoms with Gasteiger partial charge in [-0.25, -0.2) is 0 Å². The smallest absolute Gasteiger partial charge is 0.223 e. The Bertz CT molecular complexity index is 959. The molecule has 0 atom stereocenters. The van der Waals surface area contributed by atoms with Crippen molar-refractivity contribution in [1.29, 1.82) is 0 Å². The van der Waals surface area contributed by atoms with Crippen LogP contribution in [0.4, 0.5) is 0 Å². The van der Waals surface area contributed by atoms with Gasteiger partial charge in [0.25, 0.3) is 0 Å². The molecular weight excluding hydrogens is 396 g/mol. The fourth-order valence-corrected chi connectivity index (χ4v) is 3.60. The maximum absolute atomic E-state index is 13.1. The number of halogens is 1. The number of aromatic nitrogens is 1. The largest absolute Gasteiger partial charge is 0.495 e. The predicted molar refractivity (Wildman–Crippen MR) is 121 cm³/mol. The maximum atomic E-state index is 13.1. The number of methoxy groups -OCH3 is 1. The Morgan fingerprint density at radius 3 is 2.33 bits per heavy atom. The molecule has 3 aromatic rings. The van der Waals surface area contributed by atoms with E-state index < -0.39 is 0 Å². The van der Waals surface area contributed by atoms with Crippen molar-refractivity contribution in [3.05, 3.63) is 94.3 Å². The maximum Gasteiger partial charge on any atom is 0.223 e. The van der Waals surface area contributed by atoms with Crippen LogP contribution in [0.25, 0.3) is 0 Å². The number of rotatable bonds is 9. The lowest BCUT2D eigenvalue weighted by Gasteiger charge is -2.23. The Labute approximate surface area is 183 Å². The van der Waals surface area contributed by atoms with Crippen molar-refractivity contribution in [2.24, 2.45) is 0 Å². The number of aryl methyl sites for hydroxylation is 2. The van der Waals surface area contributed by atoms with E-state index >= 15 is 0 Å². The Balaban J connectivity index is 1.70. The van der Waals surface area contributed by atoms with Crippen molar-refractivity contribution in [2.45, 2.75) is 39.3 Å². The molecule has 5 heteroatoms. The Hall–Kier alpha value is -2.85. The summed E-state index contributed by atoms with van der Waals surface area (Å²) in [6, 6.07) is 18.0. The van der Waals surface area contributed by atoms with E-state index in [0.29, 0.717) is 36.7 Å². The Morgan fingerprint density at radius 2 is 1.70 bits per heavy atom. The van der Waals surface area contributed by atoms with Crippen LogP contribution in [0.15, 0.2) is 67.0 Å². The van der Waals surface area contributed by atoms with E-state index in [4.69, 9.17) is 16.3 Å². The molecule has 0 saturated carbocycles. The fraction of sp³-hybridized carbons (Fsp3) is 0.280. The lowest BCUT2D eigenvalue weighted by molar-refractivity contribution is -0.132. The van der Waals surface area contributed by atoms with Gasteiger partial charge in [-0.15, -0.1) is 0 Å². The minimum Gasteiger partial charge on any atom is -0.495 e. The van der Waals surface area contributed by atoms with Crippen LogP contribution >= 0.6 is 11.6 Å². The zero-order chi connectivity index (χ0) is 21.3. The molecule has 0 N–H and O–H groups in total. The average Bonchev–Trinajstić information content (AvgIpc) is 2.78. The van der Waals surface area contributed by atoms with Gasteiger partial charge in [-0.05, 0) is 53.3 Å². The van der Waals surface area contributed by atoms with E-state index in [1.54, 1.807) is 13.3 Å². The summed E-state index contributed by atoms with van der Waals surface area (Å²) < 4.78 is 5.20. The summed E-state index contributed by atoms with van der Waals surface area (Å²) in [5.41, 5.74) is 4.45. The minimum atomic E-state index is 0.102. The van der Waals surface area contributed by atoms with Gasteiger partial charge in [0.2, 0.25) is 5.91 Å². The third-order valence-electron chi connectivity index (χ3n) is 5.10. The van der Waals surface area contributed by atoms with Gasteiger partial charge in [0.05, 0.1) is 12.1 Å². The minimum absolute atomic E-state index is 0.102. The van der Waals surface area contributed by atoms with E-state index in [9.17, 15) is 4.79 Å². The molecule has 0 radical (unpaired) electrons. The Kier molecular flexibility index (Phi) is 7.86. The normalized spacial score (nSPS) is 10.6.